The molecule has 0 spiro atoms. The van der Waals surface area contributed by atoms with E-state index in [0.29, 0.717) is 17.6 Å². The Morgan fingerprint density at radius 3 is 1.78 bits per heavy atom. The van der Waals surface area contributed by atoms with Crippen molar-refractivity contribution in [3.05, 3.63) is 71.8 Å². The van der Waals surface area contributed by atoms with Crippen LogP contribution in [0.15, 0.2) is 60.7 Å². The summed E-state index contributed by atoms with van der Waals surface area (Å²) in [4.78, 5) is 16.1. The molecule has 2 aromatic rings. The highest BCUT2D eigenvalue weighted by Crippen LogP contribution is 2.58. The molecule has 0 radical (unpaired) electrons. The van der Waals surface area contributed by atoms with E-state index >= 15 is 0 Å². The van der Waals surface area contributed by atoms with Crippen LogP contribution in [0.2, 0.25) is 0 Å². The summed E-state index contributed by atoms with van der Waals surface area (Å²) >= 11 is 0. The minimum Gasteiger partial charge on any atom is -0.299 e. The number of nitrogens with zero attached hydrogens (tertiary/aromatic N) is 1. The molecule has 1 heterocycles. The lowest BCUT2D eigenvalue weighted by Crippen LogP contribution is -2.62. The van der Waals surface area contributed by atoms with E-state index in [0.717, 1.165) is 19.3 Å². The molecule has 2 bridgehead atoms. The highest BCUT2D eigenvalue weighted by molar-refractivity contribution is 5.86. The molecular formula is C25H29NO. The third kappa shape index (κ3) is 2.95. The summed E-state index contributed by atoms with van der Waals surface area (Å²) in [5, 5.41) is 0. The molecule has 27 heavy (non-hydrogen) atoms. The molecule has 0 aromatic heterocycles. The first-order valence-corrected chi connectivity index (χ1v) is 10.6. The van der Waals surface area contributed by atoms with Gasteiger partial charge in [-0.3, -0.25) is 9.69 Å². The maximum atomic E-state index is 13.4. The SMILES string of the molecule is O=C1CC2(N3CCCCC3)C[C@@H](c3ccccc3)C1[C@H](c1ccccc1)C2. The van der Waals surface area contributed by atoms with Crippen molar-refractivity contribution >= 4 is 5.78 Å². The number of benzene rings is 2. The van der Waals surface area contributed by atoms with Crippen molar-refractivity contribution in [3.8, 4) is 0 Å². The van der Waals surface area contributed by atoms with Gasteiger partial charge < -0.3 is 0 Å². The standard InChI is InChI=1S/C25H29NO/c27-23-18-25(26-14-8-3-9-15-26)16-21(19-10-4-1-5-11-19)24(23)22(17-25)20-12-6-2-7-13-20/h1-2,4-7,10-13,21-22,24H,3,8-9,14-18H2/t21-,22-,24?,25?/m0/s1. The van der Waals surface area contributed by atoms with Crippen molar-refractivity contribution in [1.82, 2.24) is 4.90 Å². The van der Waals surface area contributed by atoms with Gasteiger partial charge in [-0.2, -0.15) is 0 Å². The molecule has 1 saturated heterocycles. The van der Waals surface area contributed by atoms with Crippen LogP contribution in [-0.2, 0) is 4.79 Å². The van der Waals surface area contributed by atoms with Gasteiger partial charge in [0.1, 0.15) is 5.78 Å². The Kier molecular flexibility index (Phi) is 4.40. The van der Waals surface area contributed by atoms with Crippen LogP contribution in [0, 0.1) is 5.92 Å². The van der Waals surface area contributed by atoms with Crippen LogP contribution in [-0.4, -0.2) is 29.3 Å². The van der Waals surface area contributed by atoms with Crippen molar-refractivity contribution in [2.45, 2.75) is 55.9 Å². The minimum absolute atomic E-state index is 0.0628. The highest BCUT2D eigenvalue weighted by Gasteiger charge is 2.57. The first-order chi connectivity index (χ1) is 13.3. The average molecular weight is 360 g/mol. The van der Waals surface area contributed by atoms with E-state index in [2.05, 4.69) is 65.6 Å². The molecule has 3 saturated carbocycles. The van der Waals surface area contributed by atoms with Gasteiger partial charge in [-0.25, -0.2) is 0 Å². The number of ketones is 1. The second kappa shape index (κ2) is 6.91. The zero-order valence-electron chi connectivity index (χ0n) is 16.0. The Balaban J connectivity index is 1.59. The van der Waals surface area contributed by atoms with Crippen LogP contribution in [0.4, 0.5) is 0 Å². The lowest BCUT2D eigenvalue weighted by atomic mass is 9.52. The van der Waals surface area contributed by atoms with Gasteiger partial charge in [0.05, 0.1) is 0 Å². The molecule has 4 aliphatic rings. The molecule has 2 atom stereocenters. The van der Waals surface area contributed by atoms with Crippen LogP contribution >= 0.6 is 0 Å². The molecule has 0 unspecified atom stereocenters. The fourth-order valence-corrected chi connectivity index (χ4v) is 6.26. The average Bonchev–Trinajstić information content (AvgIpc) is 2.75. The van der Waals surface area contributed by atoms with Gasteiger partial charge in [0.15, 0.2) is 0 Å². The minimum atomic E-state index is 0.0628. The van der Waals surface area contributed by atoms with Crippen molar-refractivity contribution in [1.29, 1.82) is 0 Å². The van der Waals surface area contributed by atoms with Gasteiger partial charge in [0.2, 0.25) is 0 Å². The third-order valence-corrected chi connectivity index (χ3v) is 7.42. The smallest absolute Gasteiger partial charge is 0.139 e. The lowest BCUT2D eigenvalue weighted by Gasteiger charge is -2.59. The molecule has 140 valence electrons. The van der Waals surface area contributed by atoms with E-state index in [1.165, 1.54) is 43.5 Å². The molecule has 2 aromatic carbocycles. The number of hydrogen-bond donors (Lipinski definition) is 0. The lowest BCUT2D eigenvalue weighted by molar-refractivity contribution is -0.140. The summed E-state index contributed by atoms with van der Waals surface area (Å²) in [6.07, 6.45) is 6.97. The number of piperidine rings is 1. The summed E-state index contributed by atoms with van der Waals surface area (Å²) in [6.45, 7) is 2.34. The number of hydrogen-bond acceptors (Lipinski definition) is 2. The van der Waals surface area contributed by atoms with Crippen LogP contribution in [0.5, 0.6) is 0 Å². The summed E-state index contributed by atoms with van der Waals surface area (Å²) in [7, 11) is 0. The van der Waals surface area contributed by atoms with E-state index in [-0.39, 0.29) is 11.5 Å². The normalized spacial score (nSPS) is 33.9. The Morgan fingerprint density at radius 2 is 1.26 bits per heavy atom. The first-order valence-electron chi connectivity index (χ1n) is 10.6. The van der Waals surface area contributed by atoms with E-state index in [4.69, 9.17) is 0 Å². The van der Waals surface area contributed by atoms with Crippen molar-refractivity contribution in [3.63, 3.8) is 0 Å². The van der Waals surface area contributed by atoms with Gasteiger partial charge >= 0.3 is 0 Å². The van der Waals surface area contributed by atoms with E-state index in [9.17, 15) is 4.79 Å². The monoisotopic (exact) mass is 359 g/mol. The molecule has 3 aliphatic carbocycles. The second-order valence-corrected chi connectivity index (χ2v) is 8.88. The van der Waals surface area contributed by atoms with Crippen molar-refractivity contribution < 1.29 is 4.79 Å². The van der Waals surface area contributed by atoms with Crippen LogP contribution in [0.3, 0.4) is 0 Å². The van der Waals surface area contributed by atoms with Gasteiger partial charge in [-0.05, 0) is 61.7 Å². The number of carbonyl (C=O) groups is 1. The predicted molar refractivity (Wildman–Crippen MR) is 109 cm³/mol. The molecular weight excluding hydrogens is 330 g/mol. The summed E-state index contributed by atoms with van der Waals surface area (Å²) in [5.74, 6) is 1.35. The van der Waals surface area contributed by atoms with Crippen molar-refractivity contribution in [2.75, 3.05) is 13.1 Å². The van der Waals surface area contributed by atoms with Crippen LogP contribution < -0.4 is 0 Å². The van der Waals surface area contributed by atoms with Gasteiger partial charge in [-0.1, -0.05) is 67.1 Å². The number of fused-ring (bicyclic) bond motifs is 3. The van der Waals surface area contributed by atoms with E-state index in [1.807, 2.05) is 0 Å². The largest absolute Gasteiger partial charge is 0.299 e. The molecule has 4 fully saturated rings. The molecule has 1 aliphatic heterocycles. The maximum Gasteiger partial charge on any atom is 0.139 e. The Bertz CT molecular complexity index is 744. The zero-order valence-corrected chi connectivity index (χ0v) is 16.0. The molecule has 0 amide bonds. The maximum absolute atomic E-state index is 13.4. The number of Topliss-reactive ketones (excluding diaryl/α,β-unsaturated/α-hetero) is 1. The Morgan fingerprint density at radius 1 is 0.741 bits per heavy atom. The summed E-state index contributed by atoms with van der Waals surface area (Å²) in [6, 6.07) is 21.7. The molecule has 0 N–H and O–H groups in total. The quantitative estimate of drug-likeness (QED) is 0.754. The van der Waals surface area contributed by atoms with Crippen LogP contribution in [0.1, 0.15) is 61.5 Å². The van der Waals surface area contributed by atoms with Gasteiger partial charge in [-0.15, -0.1) is 0 Å². The van der Waals surface area contributed by atoms with Gasteiger partial charge in [0.25, 0.3) is 0 Å². The van der Waals surface area contributed by atoms with Crippen molar-refractivity contribution in [2.24, 2.45) is 5.92 Å². The van der Waals surface area contributed by atoms with E-state index in [1.54, 1.807) is 0 Å². The molecule has 2 heteroatoms. The van der Waals surface area contributed by atoms with Gasteiger partial charge in [0, 0.05) is 17.9 Å². The topological polar surface area (TPSA) is 20.3 Å². The number of rotatable bonds is 3. The second-order valence-electron chi connectivity index (χ2n) is 8.88. The number of likely N-dealkylation sites (tertiary alicyclic amines) is 1. The summed E-state index contributed by atoms with van der Waals surface area (Å²) < 4.78 is 0. The summed E-state index contributed by atoms with van der Waals surface area (Å²) in [5.41, 5.74) is 2.78. The molecule has 6 rings (SSSR count). The Labute approximate surface area is 162 Å². The number of carbonyl (C=O) groups excluding carboxylic acids is 1. The Hall–Kier alpha value is -1.93. The van der Waals surface area contributed by atoms with E-state index < -0.39 is 0 Å². The highest BCUT2D eigenvalue weighted by atomic mass is 16.1. The fraction of sp³-hybridized carbons (Fsp3) is 0.480. The predicted octanol–water partition coefficient (Wildman–Crippen LogP) is 5.16. The first kappa shape index (κ1) is 17.2. The third-order valence-electron chi connectivity index (χ3n) is 7.42. The molecule has 2 nitrogen and oxygen atoms in total. The van der Waals surface area contributed by atoms with Crippen LogP contribution in [0.25, 0.3) is 0 Å². The zero-order chi connectivity index (χ0) is 18.3. The fourth-order valence-electron chi connectivity index (χ4n) is 6.26.